The third kappa shape index (κ3) is 12.6. The molecule has 2 saturated heterocycles. The number of aliphatic carboxylic acids is 1. The molecule has 6 atom stereocenters. The number of β-amino-alcohol motifs (C(OH)–C–C–N with tert-alkyl or cyclic N) is 1. The van der Waals surface area contributed by atoms with Gasteiger partial charge in [0, 0.05) is 31.9 Å². The number of carboxylic acid groups (broad SMARTS) is 1. The standard InChI is InChI=1S/C8H15NO8S.C7H13NO3.2CH4.H2O/c1-4(10)9-5-2-16-6(8(12)7(5)11)3-17-18(13,14)15;1-8-3-5(7(10)11)2-6(9)4-8;;;/h5-8,11-12H,2-3H2,1H3,(H,9,10)(H,13,14,15);5-6,9H,2-4H2,1H3,(H,10,11);2*1H4;1H2/p-2/t5?,6?,7-,8+;5?,6-;;;/m01.../s1. The lowest BCUT2D eigenvalue weighted by molar-refractivity contribution is -0.313. The molecule has 2 heterocycles. The fraction of sp³-hybridized carbons (Fsp3) is 0.882. The van der Waals surface area contributed by atoms with Crippen LogP contribution in [0.1, 0.15) is 28.2 Å². The zero-order chi connectivity index (χ0) is 22.4. The van der Waals surface area contributed by atoms with Gasteiger partial charge in [0.05, 0.1) is 25.4 Å². The quantitative estimate of drug-likeness (QED) is 0.210. The Labute approximate surface area is 188 Å². The second-order valence-corrected chi connectivity index (χ2v) is 8.03. The molecule has 2 aliphatic rings. The SMILES string of the molecule is C.C.CC(=O)NC1COC(COS(=O)(=O)[O-])[C@@H](O)[C@H]1O.CN1CC(C(=O)[O-])C[C@@H](O)C1.O. The molecule has 0 radical (unpaired) electrons. The normalized spacial score (nSPS) is 30.2. The number of aliphatic hydroxyl groups is 3. The molecule has 0 spiro atoms. The summed E-state index contributed by atoms with van der Waals surface area (Å²) in [6, 6.07) is -0.808. The first-order valence-electron chi connectivity index (χ1n) is 8.72. The van der Waals surface area contributed by atoms with Crippen molar-refractivity contribution < 1.29 is 57.4 Å². The molecule has 2 rings (SSSR count). The van der Waals surface area contributed by atoms with E-state index in [0.717, 1.165) is 0 Å². The minimum atomic E-state index is -4.89. The van der Waals surface area contributed by atoms with Gasteiger partial charge < -0.3 is 50.2 Å². The van der Waals surface area contributed by atoms with Crippen molar-refractivity contribution in [3.63, 3.8) is 0 Å². The van der Waals surface area contributed by atoms with Gasteiger partial charge in [-0.25, -0.2) is 8.42 Å². The van der Waals surface area contributed by atoms with Crippen LogP contribution in [0.25, 0.3) is 0 Å². The number of nitrogens with one attached hydrogen (secondary N) is 1. The maximum atomic E-state index is 10.8. The fourth-order valence-electron chi connectivity index (χ4n) is 3.03. The zero-order valence-electron chi connectivity index (χ0n) is 16.5. The maximum absolute atomic E-state index is 10.8. The molecule has 6 N–H and O–H groups in total. The summed E-state index contributed by atoms with van der Waals surface area (Å²) < 4.78 is 39.7. The van der Waals surface area contributed by atoms with Gasteiger partial charge in [-0.2, -0.15) is 0 Å². The monoisotopic (exact) mass is 492 g/mol. The molecule has 14 nitrogen and oxygen atoms in total. The summed E-state index contributed by atoms with van der Waals surface area (Å²) in [5.41, 5.74) is 0. The van der Waals surface area contributed by atoms with Gasteiger partial charge in [-0.05, 0) is 13.5 Å². The van der Waals surface area contributed by atoms with Crippen molar-refractivity contribution in [1.29, 1.82) is 0 Å². The number of rotatable bonds is 5. The molecular formula is C17H36N2O12S-2. The first-order valence-corrected chi connectivity index (χ1v) is 10.1. The summed E-state index contributed by atoms with van der Waals surface area (Å²) in [4.78, 5) is 23.0. The highest BCUT2D eigenvalue weighted by Gasteiger charge is 2.39. The Balaban J connectivity index is -0.000000525. The molecule has 0 aromatic rings. The molecule has 2 aliphatic heterocycles. The van der Waals surface area contributed by atoms with E-state index in [1.54, 1.807) is 11.9 Å². The third-order valence-electron chi connectivity index (χ3n) is 4.34. The van der Waals surface area contributed by atoms with E-state index in [-0.39, 0.29) is 26.9 Å². The van der Waals surface area contributed by atoms with Crippen LogP contribution >= 0.6 is 0 Å². The summed E-state index contributed by atoms with van der Waals surface area (Å²) in [7, 11) is -3.10. The molecule has 3 unspecified atom stereocenters. The summed E-state index contributed by atoms with van der Waals surface area (Å²) in [5, 5.41) is 41.2. The van der Waals surface area contributed by atoms with Crippen molar-refractivity contribution in [1.82, 2.24) is 10.2 Å². The zero-order valence-corrected chi connectivity index (χ0v) is 17.3. The molecule has 194 valence electrons. The maximum Gasteiger partial charge on any atom is 0.217 e. The van der Waals surface area contributed by atoms with Gasteiger partial charge in [-0.1, -0.05) is 14.9 Å². The number of hydrogen-bond donors (Lipinski definition) is 4. The van der Waals surface area contributed by atoms with Crippen LogP contribution in [0.2, 0.25) is 0 Å². The van der Waals surface area contributed by atoms with Crippen LogP contribution in [0.3, 0.4) is 0 Å². The number of aliphatic hydroxyl groups excluding tert-OH is 3. The summed E-state index contributed by atoms with van der Waals surface area (Å²) >= 11 is 0. The van der Waals surface area contributed by atoms with E-state index >= 15 is 0 Å². The van der Waals surface area contributed by atoms with Crippen molar-refractivity contribution in [2.75, 3.05) is 33.4 Å². The minimum absolute atomic E-state index is 0. The first kappa shape index (κ1) is 35.2. The molecule has 0 aliphatic carbocycles. The number of amides is 1. The van der Waals surface area contributed by atoms with Crippen LogP contribution in [0.4, 0.5) is 0 Å². The number of carbonyl (C=O) groups is 2. The number of likely N-dealkylation sites (tertiary alicyclic amines) is 1. The molecule has 0 aromatic carbocycles. The van der Waals surface area contributed by atoms with Crippen molar-refractivity contribution in [2.45, 2.75) is 58.7 Å². The number of ether oxygens (including phenoxy) is 1. The highest BCUT2D eigenvalue weighted by molar-refractivity contribution is 7.80. The average Bonchev–Trinajstić information content (AvgIpc) is 2.57. The molecule has 2 fully saturated rings. The minimum Gasteiger partial charge on any atom is -0.726 e. The number of carboxylic acids is 1. The summed E-state index contributed by atoms with van der Waals surface area (Å²) in [6.07, 6.45) is -4.17. The molecule has 0 aromatic heterocycles. The Morgan fingerprint density at radius 2 is 1.75 bits per heavy atom. The van der Waals surface area contributed by atoms with E-state index in [9.17, 15) is 37.9 Å². The number of carbonyl (C=O) groups excluding carboxylic acids is 2. The van der Waals surface area contributed by atoms with Gasteiger partial charge in [0.2, 0.25) is 16.3 Å². The Kier molecular flexibility index (Phi) is 16.9. The van der Waals surface area contributed by atoms with Crippen LogP contribution in [0.5, 0.6) is 0 Å². The van der Waals surface area contributed by atoms with E-state index in [4.69, 9.17) is 9.84 Å². The fourth-order valence-corrected chi connectivity index (χ4v) is 3.33. The lowest BCUT2D eigenvalue weighted by Gasteiger charge is -2.37. The molecular weight excluding hydrogens is 456 g/mol. The van der Waals surface area contributed by atoms with E-state index in [0.29, 0.717) is 19.5 Å². The first-order chi connectivity index (χ1) is 13.3. The van der Waals surface area contributed by atoms with Crippen LogP contribution in [0.15, 0.2) is 0 Å². The Morgan fingerprint density at radius 1 is 1.19 bits per heavy atom. The van der Waals surface area contributed by atoms with Crippen LogP contribution in [-0.4, -0.2) is 114 Å². The van der Waals surface area contributed by atoms with Gasteiger partial charge in [0.25, 0.3) is 0 Å². The van der Waals surface area contributed by atoms with Crippen LogP contribution in [0, 0.1) is 5.92 Å². The van der Waals surface area contributed by atoms with Crippen LogP contribution < -0.4 is 10.4 Å². The van der Waals surface area contributed by atoms with Crippen molar-refractivity contribution in [2.24, 2.45) is 5.92 Å². The van der Waals surface area contributed by atoms with E-state index < -0.39 is 65.3 Å². The molecule has 15 heteroatoms. The van der Waals surface area contributed by atoms with Crippen molar-refractivity contribution in [3.05, 3.63) is 0 Å². The number of likely N-dealkylation sites (N-methyl/N-ethyl adjacent to an activating group) is 1. The van der Waals surface area contributed by atoms with Crippen molar-refractivity contribution in [3.8, 4) is 0 Å². The lowest BCUT2D eigenvalue weighted by atomic mass is 9.97. The highest BCUT2D eigenvalue weighted by Crippen LogP contribution is 2.16. The largest absolute Gasteiger partial charge is 0.726 e. The van der Waals surface area contributed by atoms with Gasteiger partial charge in [0.15, 0.2) is 0 Å². The predicted octanol–water partition coefficient (Wildman–Crippen LogP) is -4.42. The average molecular weight is 493 g/mol. The Morgan fingerprint density at radius 3 is 2.19 bits per heavy atom. The smallest absolute Gasteiger partial charge is 0.217 e. The number of hydrogen-bond acceptors (Lipinski definition) is 12. The number of piperidine rings is 1. The van der Waals surface area contributed by atoms with Gasteiger partial charge in [0.1, 0.15) is 18.3 Å². The topological polar surface area (TPSA) is 240 Å². The van der Waals surface area contributed by atoms with E-state index in [1.165, 1.54) is 6.92 Å². The van der Waals surface area contributed by atoms with Gasteiger partial charge >= 0.3 is 0 Å². The highest BCUT2D eigenvalue weighted by atomic mass is 32.3. The third-order valence-corrected chi connectivity index (χ3v) is 4.77. The Hall–Kier alpha value is -1.43. The van der Waals surface area contributed by atoms with Crippen LogP contribution in [-0.2, 0) is 28.9 Å². The van der Waals surface area contributed by atoms with Gasteiger partial charge in [-0.3, -0.25) is 8.98 Å². The number of nitrogens with zero attached hydrogens (tertiary/aromatic N) is 1. The lowest BCUT2D eigenvalue weighted by Crippen LogP contribution is -2.59. The van der Waals surface area contributed by atoms with E-state index in [2.05, 4.69) is 9.50 Å². The van der Waals surface area contributed by atoms with E-state index in [1.807, 2.05) is 0 Å². The van der Waals surface area contributed by atoms with Crippen molar-refractivity contribution >= 4 is 22.3 Å². The second-order valence-electron chi connectivity index (χ2n) is 6.98. The summed E-state index contributed by atoms with van der Waals surface area (Å²) in [6.45, 7) is 1.45. The van der Waals surface area contributed by atoms with Gasteiger partial charge in [-0.15, -0.1) is 0 Å². The Bertz CT molecular complexity index is 652. The molecule has 1 amide bonds. The molecule has 0 saturated carbocycles. The molecule has 32 heavy (non-hydrogen) atoms. The summed E-state index contributed by atoms with van der Waals surface area (Å²) in [5.74, 6) is -1.98. The predicted molar refractivity (Wildman–Crippen MR) is 109 cm³/mol. The molecule has 0 bridgehead atoms. The second kappa shape index (κ2) is 15.4.